The summed E-state index contributed by atoms with van der Waals surface area (Å²) in [7, 11) is 0. The van der Waals surface area contributed by atoms with Gasteiger partial charge in [0.05, 0.1) is 5.02 Å². The zero-order valence-electron chi connectivity index (χ0n) is 6.20. The average Bonchev–Trinajstić information content (AvgIpc) is 1.94. The van der Waals surface area contributed by atoms with Gasteiger partial charge in [-0.25, -0.2) is 4.39 Å². The average molecular weight is 171 g/mol. The molecule has 1 aromatic rings. The van der Waals surface area contributed by atoms with Crippen LogP contribution in [-0.2, 0) is 0 Å². The fourth-order valence-corrected chi connectivity index (χ4v) is 0.942. The fourth-order valence-electron chi connectivity index (χ4n) is 0.762. The first-order chi connectivity index (χ1) is 5.11. The second-order valence-electron chi connectivity index (χ2n) is 2.41. The van der Waals surface area contributed by atoms with Gasteiger partial charge in [0.1, 0.15) is 5.82 Å². The number of hydrogen-bond acceptors (Lipinski definition) is 0. The number of halogens is 2. The van der Waals surface area contributed by atoms with E-state index in [9.17, 15) is 4.39 Å². The van der Waals surface area contributed by atoms with Crippen molar-refractivity contribution >= 4 is 17.2 Å². The number of rotatable bonds is 1. The summed E-state index contributed by atoms with van der Waals surface area (Å²) < 4.78 is 12.6. The van der Waals surface area contributed by atoms with Gasteiger partial charge in [0.25, 0.3) is 0 Å². The normalized spacial score (nSPS) is 9.73. The molecule has 1 rings (SSSR count). The first-order valence-corrected chi connectivity index (χ1v) is 3.60. The number of benzene rings is 1. The van der Waals surface area contributed by atoms with Gasteiger partial charge in [-0.3, -0.25) is 0 Å². The Morgan fingerprint density at radius 3 is 2.64 bits per heavy atom. The van der Waals surface area contributed by atoms with Crippen molar-refractivity contribution in [1.29, 1.82) is 0 Å². The lowest BCUT2D eigenvalue weighted by molar-refractivity contribution is 0.628. The van der Waals surface area contributed by atoms with Crippen molar-refractivity contribution in [2.45, 2.75) is 6.92 Å². The highest BCUT2D eigenvalue weighted by Gasteiger charge is 1.99. The van der Waals surface area contributed by atoms with E-state index in [0.29, 0.717) is 0 Å². The van der Waals surface area contributed by atoms with Gasteiger partial charge in [-0.1, -0.05) is 29.8 Å². The zero-order valence-corrected chi connectivity index (χ0v) is 6.95. The topological polar surface area (TPSA) is 0 Å². The lowest BCUT2D eigenvalue weighted by Crippen LogP contribution is -1.80. The van der Waals surface area contributed by atoms with Crippen molar-refractivity contribution in [2.24, 2.45) is 0 Å². The van der Waals surface area contributed by atoms with Crippen LogP contribution < -0.4 is 0 Å². The van der Waals surface area contributed by atoms with Crippen molar-refractivity contribution in [3.8, 4) is 0 Å². The number of hydrogen-bond donors (Lipinski definition) is 0. The first-order valence-electron chi connectivity index (χ1n) is 3.22. The van der Waals surface area contributed by atoms with Gasteiger partial charge in [-0.05, 0) is 24.6 Å². The van der Waals surface area contributed by atoms with Crippen LogP contribution in [0.15, 0.2) is 24.8 Å². The highest BCUT2D eigenvalue weighted by molar-refractivity contribution is 6.30. The lowest BCUT2D eigenvalue weighted by atomic mass is 10.1. The van der Waals surface area contributed by atoms with E-state index < -0.39 is 5.82 Å². The molecule has 0 atom stereocenters. The second-order valence-corrected chi connectivity index (χ2v) is 2.82. The molecule has 0 aliphatic carbocycles. The van der Waals surface area contributed by atoms with E-state index in [1.165, 1.54) is 6.07 Å². The SMILES string of the molecule is C=C(C)c1ccc(F)c(Cl)c1. The van der Waals surface area contributed by atoms with Gasteiger partial charge < -0.3 is 0 Å². The molecule has 0 aromatic heterocycles. The standard InChI is InChI=1S/C9H8ClF/c1-6(2)7-3-4-9(11)8(10)5-7/h3-5H,1H2,2H3. The molecule has 0 fully saturated rings. The molecule has 0 saturated carbocycles. The molecule has 0 saturated heterocycles. The van der Waals surface area contributed by atoms with Crippen LogP contribution in [-0.4, -0.2) is 0 Å². The molecule has 0 heterocycles. The molecule has 0 amide bonds. The summed E-state index contributed by atoms with van der Waals surface area (Å²) in [6.07, 6.45) is 0. The van der Waals surface area contributed by atoms with Crippen molar-refractivity contribution in [1.82, 2.24) is 0 Å². The van der Waals surface area contributed by atoms with E-state index in [4.69, 9.17) is 11.6 Å². The maximum absolute atomic E-state index is 12.6. The molecule has 0 nitrogen and oxygen atoms in total. The van der Waals surface area contributed by atoms with Crippen LogP contribution in [0.3, 0.4) is 0 Å². The summed E-state index contributed by atoms with van der Waals surface area (Å²) in [6.45, 7) is 5.57. The Hall–Kier alpha value is -0.820. The molecular formula is C9H8ClF. The fraction of sp³-hybridized carbons (Fsp3) is 0.111. The highest BCUT2D eigenvalue weighted by Crippen LogP contribution is 2.19. The van der Waals surface area contributed by atoms with Crippen LogP contribution in [0.2, 0.25) is 5.02 Å². The molecule has 58 valence electrons. The molecule has 0 unspecified atom stereocenters. The van der Waals surface area contributed by atoms with Crippen LogP contribution >= 0.6 is 11.6 Å². The molecule has 1 aromatic carbocycles. The van der Waals surface area contributed by atoms with E-state index >= 15 is 0 Å². The molecule has 0 bridgehead atoms. The Kier molecular flexibility index (Phi) is 2.30. The van der Waals surface area contributed by atoms with Gasteiger partial charge in [0, 0.05) is 0 Å². The monoisotopic (exact) mass is 170 g/mol. The third-order valence-corrected chi connectivity index (χ3v) is 1.70. The molecular weight excluding hydrogens is 163 g/mol. The van der Waals surface area contributed by atoms with E-state index in [-0.39, 0.29) is 5.02 Å². The van der Waals surface area contributed by atoms with Gasteiger partial charge >= 0.3 is 0 Å². The van der Waals surface area contributed by atoms with Crippen LogP contribution in [0.4, 0.5) is 4.39 Å². The van der Waals surface area contributed by atoms with E-state index in [1.807, 2.05) is 6.92 Å². The molecule has 11 heavy (non-hydrogen) atoms. The second kappa shape index (κ2) is 3.05. The molecule has 0 aliphatic heterocycles. The van der Waals surface area contributed by atoms with E-state index in [2.05, 4.69) is 6.58 Å². The lowest BCUT2D eigenvalue weighted by Gasteiger charge is -1.99. The summed E-state index contributed by atoms with van der Waals surface area (Å²) in [5.74, 6) is -0.392. The summed E-state index contributed by atoms with van der Waals surface area (Å²) in [4.78, 5) is 0. The number of allylic oxidation sites excluding steroid dienone is 1. The Bertz CT molecular complexity index is 292. The quantitative estimate of drug-likeness (QED) is 0.605. The maximum Gasteiger partial charge on any atom is 0.141 e. The molecule has 2 heteroatoms. The van der Waals surface area contributed by atoms with Crippen LogP contribution in [0.1, 0.15) is 12.5 Å². The van der Waals surface area contributed by atoms with Gasteiger partial charge in [0.2, 0.25) is 0 Å². The Balaban J connectivity index is 3.15. The minimum Gasteiger partial charge on any atom is -0.205 e. The predicted octanol–water partition coefficient (Wildman–Crippen LogP) is 3.51. The summed E-state index contributed by atoms with van der Waals surface area (Å²) in [5.41, 5.74) is 1.75. The Morgan fingerprint density at radius 1 is 1.55 bits per heavy atom. The third-order valence-electron chi connectivity index (χ3n) is 1.41. The molecule has 0 spiro atoms. The van der Waals surface area contributed by atoms with Crippen LogP contribution in [0, 0.1) is 5.82 Å². The van der Waals surface area contributed by atoms with Crippen LogP contribution in [0.25, 0.3) is 5.57 Å². The smallest absolute Gasteiger partial charge is 0.141 e. The van der Waals surface area contributed by atoms with Gasteiger partial charge in [-0.15, -0.1) is 0 Å². The summed E-state index contributed by atoms with van der Waals surface area (Å²) in [6, 6.07) is 4.56. The van der Waals surface area contributed by atoms with Gasteiger partial charge in [0.15, 0.2) is 0 Å². The molecule has 0 N–H and O–H groups in total. The molecule has 0 aliphatic rings. The minimum absolute atomic E-state index is 0.144. The van der Waals surface area contributed by atoms with Crippen LogP contribution in [0.5, 0.6) is 0 Å². The van der Waals surface area contributed by atoms with Gasteiger partial charge in [-0.2, -0.15) is 0 Å². The van der Waals surface area contributed by atoms with E-state index in [1.54, 1.807) is 12.1 Å². The summed E-state index contributed by atoms with van der Waals surface area (Å²) in [5, 5.41) is 0.144. The van der Waals surface area contributed by atoms with Crippen molar-refractivity contribution in [3.63, 3.8) is 0 Å². The minimum atomic E-state index is -0.392. The first kappa shape index (κ1) is 8.28. The third kappa shape index (κ3) is 1.81. The van der Waals surface area contributed by atoms with Crippen molar-refractivity contribution in [2.75, 3.05) is 0 Å². The maximum atomic E-state index is 12.6. The van der Waals surface area contributed by atoms with E-state index in [0.717, 1.165) is 11.1 Å². The molecule has 0 radical (unpaired) electrons. The Morgan fingerprint density at radius 2 is 2.18 bits per heavy atom. The Labute approximate surface area is 70.3 Å². The van der Waals surface area contributed by atoms with Crippen molar-refractivity contribution in [3.05, 3.63) is 41.2 Å². The predicted molar refractivity (Wildman–Crippen MR) is 46.1 cm³/mol. The largest absolute Gasteiger partial charge is 0.205 e. The zero-order chi connectivity index (χ0) is 8.43. The highest BCUT2D eigenvalue weighted by atomic mass is 35.5. The summed E-state index contributed by atoms with van der Waals surface area (Å²) >= 11 is 5.54. The van der Waals surface area contributed by atoms with Crippen molar-refractivity contribution < 1.29 is 4.39 Å².